The van der Waals surface area contributed by atoms with Gasteiger partial charge < -0.3 is 5.73 Å². The van der Waals surface area contributed by atoms with Crippen LogP contribution in [0.15, 0.2) is 53.5 Å². The Labute approximate surface area is 129 Å². The number of nitrogens with zero attached hydrogens (tertiary/aromatic N) is 2. The van der Waals surface area contributed by atoms with E-state index in [-0.39, 0.29) is 5.54 Å². The molecule has 1 heterocycles. The lowest BCUT2D eigenvalue weighted by atomic mass is 9.90. The first-order valence-corrected chi connectivity index (χ1v) is 7.53. The van der Waals surface area contributed by atoms with Crippen molar-refractivity contribution in [3.05, 3.63) is 64.7 Å². The lowest BCUT2D eigenvalue weighted by Crippen LogP contribution is -2.48. The molecule has 4 rings (SSSR count). The summed E-state index contributed by atoms with van der Waals surface area (Å²) in [4.78, 5) is 6.66. The van der Waals surface area contributed by atoms with Crippen molar-refractivity contribution in [2.24, 2.45) is 10.7 Å². The van der Waals surface area contributed by atoms with Gasteiger partial charge in [0.2, 0.25) is 0 Å². The van der Waals surface area contributed by atoms with Crippen LogP contribution in [0, 0.1) is 0 Å². The van der Waals surface area contributed by atoms with Crippen molar-refractivity contribution < 1.29 is 0 Å². The number of rotatable bonds is 1. The van der Waals surface area contributed by atoms with Gasteiger partial charge in [-0.15, -0.1) is 0 Å². The maximum absolute atomic E-state index is 6.41. The molecule has 1 unspecified atom stereocenters. The second-order valence-electron chi connectivity index (χ2n) is 5.65. The number of hydrogen-bond acceptors (Lipinski definition) is 3. The summed E-state index contributed by atoms with van der Waals surface area (Å²) in [6, 6.07) is 16.4. The molecule has 0 saturated heterocycles. The summed E-state index contributed by atoms with van der Waals surface area (Å²) in [5, 5.41) is 0.710. The minimum atomic E-state index is -0.175. The van der Waals surface area contributed by atoms with Gasteiger partial charge in [0, 0.05) is 0 Å². The van der Waals surface area contributed by atoms with Gasteiger partial charge in [-0.1, -0.05) is 48.0 Å². The standard InChI is InChI=1S/C17H16ClN3/c18-14-7-3-4-8-15(14)21-16(19)20-11-17(21)10-9-12-5-1-2-6-13(12)17/h1-8H,9-11H2,(H2,19,20). The predicted octanol–water partition coefficient (Wildman–Crippen LogP) is 3.32. The van der Waals surface area contributed by atoms with Crippen LogP contribution in [0.3, 0.4) is 0 Å². The Kier molecular flexibility index (Phi) is 2.73. The number of aryl methyl sites for hydroxylation is 1. The van der Waals surface area contributed by atoms with Gasteiger partial charge in [-0.2, -0.15) is 0 Å². The summed E-state index contributed by atoms with van der Waals surface area (Å²) in [6.45, 7) is 0.696. The van der Waals surface area contributed by atoms with Gasteiger partial charge in [-0.3, -0.25) is 9.89 Å². The van der Waals surface area contributed by atoms with Crippen LogP contribution >= 0.6 is 11.6 Å². The van der Waals surface area contributed by atoms with Crippen molar-refractivity contribution in [1.82, 2.24) is 0 Å². The Balaban J connectivity index is 1.90. The Morgan fingerprint density at radius 3 is 2.71 bits per heavy atom. The molecule has 1 aliphatic carbocycles. The number of aliphatic imine (C=N–C) groups is 1. The first-order valence-electron chi connectivity index (χ1n) is 7.15. The minimum absolute atomic E-state index is 0.175. The van der Waals surface area contributed by atoms with Crippen LogP contribution in [0.5, 0.6) is 0 Å². The molecule has 106 valence electrons. The number of guanidine groups is 1. The van der Waals surface area contributed by atoms with Crippen molar-refractivity contribution >= 4 is 23.2 Å². The Hall–Kier alpha value is -2.00. The number of nitrogens with two attached hydrogens (primary N) is 1. The molecule has 2 N–H and O–H groups in total. The quantitative estimate of drug-likeness (QED) is 0.877. The lowest BCUT2D eigenvalue weighted by Gasteiger charge is -2.37. The second kappa shape index (κ2) is 4.50. The minimum Gasteiger partial charge on any atom is -0.369 e. The van der Waals surface area contributed by atoms with Crippen LogP contribution in [0.2, 0.25) is 5.02 Å². The Bertz CT molecular complexity index is 740. The summed E-state index contributed by atoms with van der Waals surface area (Å²) >= 11 is 6.41. The molecule has 21 heavy (non-hydrogen) atoms. The average Bonchev–Trinajstić information content (AvgIpc) is 3.03. The zero-order valence-electron chi connectivity index (χ0n) is 11.6. The van der Waals surface area contributed by atoms with Crippen LogP contribution in [0.4, 0.5) is 5.69 Å². The van der Waals surface area contributed by atoms with Crippen molar-refractivity contribution in [1.29, 1.82) is 0 Å². The van der Waals surface area contributed by atoms with Crippen LogP contribution in [-0.2, 0) is 12.0 Å². The van der Waals surface area contributed by atoms with E-state index in [0.29, 0.717) is 17.5 Å². The van der Waals surface area contributed by atoms with Crippen LogP contribution < -0.4 is 10.6 Å². The molecule has 0 fully saturated rings. The van der Waals surface area contributed by atoms with Crippen molar-refractivity contribution in [2.45, 2.75) is 18.4 Å². The van der Waals surface area contributed by atoms with E-state index in [1.54, 1.807) is 0 Å². The van der Waals surface area contributed by atoms with Crippen LogP contribution in [-0.4, -0.2) is 12.5 Å². The summed E-state index contributed by atoms with van der Waals surface area (Å²) in [6.07, 6.45) is 2.07. The normalized spacial score (nSPS) is 23.5. The number of hydrogen-bond donors (Lipinski definition) is 1. The van der Waals surface area contributed by atoms with Crippen molar-refractivity contribution in [3.8, 4) is 0 Å². The number of anilines is 1. The first kappa shape index (κ1) is 12.7. The fourth-order valence-corrected chi connectivity index (χ4v) is 3.84. The van der Waals surface area contributed by atoms with E-state index in [2.05, 4.69) is 34.2 Å². The number of halogens is 1. The van der Waals surface area contributed by atoms with Gasteiger partial charge in [0.15, 0.2) is 5.96 Å². The largest absolute Gasteiger partial charge is 0.369 e. The molecule has 0 saturated carbocycles. The topological polar surface area (TPSA) is 41.6 Å². The first-order chi connectivity index (χ1) is 10.2. The molecule has 1 spiro atoms. The van der Waals surface area contributed by atoms with E-state index in [9.17, 15) is 0 Å². The second-order valence-corrected chi connectivity index (χ2v) is 6.06. The molecule has 2 aromatic carbocycles. The highest BCUT2D eigenvalue weighted by molar-refractivity contribution is 6.34. The molecule has 0 aromatic heterocycles. The predicted molar refractivity (Wildman–Crippen MR) is 86.9 cm³/mol. The van der Waals surface area contributed by atoms with Gasteiger partial charge in [0.25, 0.3) is 0 Å². The molecule has 0 amide bonds. The van der Waals surface area contributed by atoms with Crippen molar-refractivity contribution in [2.75, 3.05) is 11.4 Å². The van der Waals surface area contributed by atoms with Crippen LogP contribution in [0.25, 0.3) is 0 Å². The maximum atomic E-state index is 6.41. The molecular formula is C17H16ClN3. The van der Waals surface area contributed by atoms with E-state index < -0.39 is 0 Å². The van der Waals surface area contributed by atoms with Gasteiger partial charge >= 0.3 is 0 Å². The maximum Gasteiger partial charge on any atom is 0.196 e. The summed E-state index contributed by atoms with van der Waals surface area (Å²) in [5.41, 5.74) is 9.69. The number of para-hydroxylation sites is 1. The smallest absolute Gasteiger partial charge is 0.196 e. The average molecular weight is 298 g/mol. The Morgan fingerprint density at radius 1 is 1.10 bits per heavy atom. The van der Waals surface area contributed by atoms with E-state index in [0.717, 1.165) is 18.5 Å². The number of benzene rings is 2. The molecule has 2 aliphatic rings. The number of fused-ring (bicyclic) bond motifs is 2. The fraction of sp³-hybridized carbons (Fsp3) is 0.235. The third kappa shape index (κ3) is 1.70. The molecule has 2 aromatic rings. The molecule has 3 nitrogen and oxygen atoms in total. The molecule has 1 atom stereocenters. The highest BCUT2D eigenvalue weighted by Gasteiger charge is 2.48. The summed E-state index contributed by atoms with van der Waals surface area (Å²) < 4.78 is 0. The van der Waals surface area contributed by atoms with Crippen LogP contribution in [0.1, 0.15) is 17.5 Å². The summed E-state index contributed by atoms with van der Waals surface area (Å²) in [7, 11) is 0. The fourth-order valence-electron chi connectivity index (χ4n) is 3.62. The molecule has 1 aliphatic heterocycles. The van der Waals surface area contributed by atoms with E-state index in [1.165, 1.54) is 11.1 Å². The van der Waals surface area contributed by atoms with E-state index >= 15 is 0 Å². The zero-order valence-corrected chi connectivity index (χ0v) is 12.3. The third-order valence-electron chi connectivity index (χ3n) is 4.58. The van der Waals surface area contributed by atoms with E-state index in [1.807, 2.05) is 24.3 Å². The SMILES string of the molecule is NC1=NCC2(CCc3ccccc32)N1c1ccccc1Cl. The molecule has 0 radical (unpaired) electrons. The third-order valence-corrected chi connectivity index (χ3v) is 4.90. The molecular weight excluding hydrogens is 282 g/mol. The highest BCUT2D eigenvalue weighted by Crippen LogP contribution is 2.47. The molecule has 4 heteroatoms. The highest BCUT2D eigenvalue weighted by atomic mass is 35.5. The van der Waals surface area contributed by atoms with Gasteiger partial charge in [0.1, 0.15) is 0 Å². The Morgan fingerprint density at radius 2 is 1.86 bits per heavy atom. The van der Waals surface area contributed by atoms with E-state index in [4.69, 9.17) is 17.3 Å². The lowest BCUT2D eigenvalue weighted by molar-refractivity contribution is 0.476. The van der Waals surface area contributed by atoms with Gasteiger partial charge in [-0.25, -0.2) is 0 Å². The monoisotopic (exact) mass is 297 g/mol. The molecule has 0 bridgehead atoms. The van der Waals surface area contributed by atoms with Crippen molar-refractivity contribution in [3.63, 3.8) is 0 Å². The zero-order chi connectivity index (χ0) is 14.4. The van der Waals surface area contributed by atoms with Gasteiger partial charge in [0.05, 0.1) is 22.8 Å². The summed E-state index contributed by atoms with van der Waals surface area (Å²) in [5.74, 6) is 0.555. The van der Waals surface area contributed by atoms with Gasteiger partial charge in [-0.05, 0) is 36.1 Å².